The molecule has 16 heavy (non-hydrogen) atoms. The highest BCUT2D eigenvalue weighted by Crippen LogP contribution is 2.24. The van der Waals surface area contributed by atoms with E-state index in [0.717, 1.165) is 6.26 Å². The first-order valence-electron chi connectivity index (χ1n) is 4.86. The molecule has 0 saturated carbocycles. The maximum atomic E-state index is 11.7. The summed E-state index contributed by atoms with van der Waals surface area (Å²) in [6, 6.07) is 8.45. The van der Waals surface area contributed by atoms with Gasteiger partial charge in [0, 0.05) is 6.04 Å². The smallest absolute Gasteiger partial charge is 0.232 e. The summed E-state index contributed by atoms with van der Waals surface area (Å²) >= 11 is 0. The van der Waals surface area contributed by atoms with E-state index < -0.39 is 10.0 Å². The molecule has 0 aliphatic heterocycles. The molecule has 0 unspecified atom stereocenters. The van der Waals surface area contributed by atoms with Crippen molar-refractivity contribution in [3.63, 3.8) is 0 Å². The molecule has 0 saturated heterocycles. The Morgan fingerprint density at radius 1 is 1.31 bits per heavy atom. The Bertz CT molecular complexity index is 515. The summed E-state index contributed by atoms with van der Waals surface area (Å²) in [5.74, 6) is 0. The van der Waals surface area contributed by atoms with Crippen molar-refractivity contribution in [2.45, 2.75) is 19.9 Å². The first kappa shape index (κ1) is 12.5. The van der Waals surface area contributed by atoms with Crippen LogP contribution in [0.2, 0.25) is 0 Å². The fourth-order valence-corrected chi connectivity index (χ4v) is 2.88. The van der Waals surface area contributed by atoms with E-state index in [4.69, 9.17) is 5.26 Å². The topological polar surface area (TPSA) is 61.2 Å². The van der Waals surface area contributed by atoms with Gasteiger partial charge < -0.3 is 0 Å². The third kappa shape index (κ3) is 2.52. The van der Waals surface area contributed by atoms with Gasteiger partial charge in [-0.1, -0.05) is 12.1 Å². The molecule has 1 aromatic rings. The second-order valence-electron chi connectivity index (χ2n) is 3.78. The van der Waals surface area contributed by atoms with Gasteiger partial charge in [-0.25, -0.2) is 8.42 Å². The summed E-state index contributed by atoms with van der Waals surface area (Å²) in [6.07, 6.45) is 1.14. The number of anilines is 1. The summed E-state index contributed by atoms with van der Waals surface area (Å²) < 4.78 is 24.6. The van der Waals surface area contributed by atoms with Crippen LogP contribution in [0.25, 0.3) is 0 Å². The summed E-state index contributed by atoms with van der Waals surface area (Å²) in [6.45, 7) is 3.55. The number of nitriles is 1. The minimum atomic E-state index is -3.37. The monoisotopic (exact) mass is 238 g/mol. The van der Waals surface area contributed by atoms with Crippen molar-refractivity contribution in [2.24, 2.45) is 0 Å². The molecule has 0 aliphatic rings. The average molecular weight is 238 g/mol. The molecule has 0 atom stereocenters. The van der Waals surface area contributed by atoms with E-state index in [2.05, 4.69) is 0 Å². The Morgan fingerprint density at radius 2 is 1.88 bits per heavy atom. The van der Waals surface area contributed by atoms with Crippen LogP contribution < -0.4 is 4.31 Å². The molecule has 0 N–H and O–H groups in total. The Balaban J connectivity index is 3.40. The molecule has 1 aromatic carbocycles. The van der Waals surface area contributed by atoms with Crippen molar-refractivity contribution in [2.75, 3.05) is 10.6 Å². The highest BCUT2D eigenvalue weighted by atomic mass is 32.2. The van der Waals surface area contributed by atoms with Crippen molar-refractivity contribution < 1.29 is 8.42 Å². The molecule has 1 rings (SSSR count). The third-order valence-corrected chi connectivity index (χ3v) is 3.42. The molecule has 4 nitrogen and oxygen atoms in total. The Hall–Kier alpha value is -1.54. The van der Waals surface area contributed by atoms with Crippen LogP contribution in [0.4, 0.5) is 5.69 Å². The molecule has 0 aliphatic carbocycles. The number of hydrogen-bond acceptors (Lipinski definition) is 3. The van der Waals surface area contributed by atoms with Gasteiger partial charge in [-0.15, -0.1) is 0 Å². The van der Waals surface area contributed by atoms with Crippen LogP contribution in [0.3, 0.4) is 0 Å². The van der Waals surface area contributed by atoms with E-state index in [9.17, 15) is 8.42 Å². The normalized spacial score (nSPS) is 11.2. The van der Waals surface area contributed by atoms with Gasteiger partial charge in [0.2, 0.25) is 10.0 Å². The highest BCUT2D eigenvalue weighted by molar-refractivity contribution is 7.92. The van der Waals surface area contributed by atoms with Gasteiger partial charge in [0.25, 0.3) is 0 Å². The molecular weight excluding hydrogens is 224 g/mol. The van der Waals surface area contributed by atoms with Crippen molar-refractivity contribution >= 4 is 15.7 Å². The predicted octanol–water partition coefficient (Wildman–Crippen LogP) is 1.73. The Labute approximate surface area is 96.2 Å². The van der Waals surface area contributed by atoms with Gasteiger partial charge in [0.05, 0.1) is 17.5 Å². The van der Waals surface area contributed by atoms with Gasteiger partial charge in [-0.05, 0) is 26.0 Å². The van der Waals surface area contributed by atoms with Crippen LogP contribution in [0.15, 0.2) is 24.3 Å². The lowest BCUT2D eigenvalue weighted by molar-refractivity contribution is 0.590. The SMILES string of the molecule is CC(C)N(c1ccccc1C#N)S(C)(=O)=O. The van der Waals surface area contributed by atoms with Crippen molar-refractivity contribution in [3.8, 4) is 6.07 Å². The fourth-order valence-electron chi connectivity index (χ4n) is 1.60. The van der Waals surface area contributed by atoms with Crippen LogP contribution in [-0.2, 0) is 10.0 Å². The van der Waals surface area contributed by atoms with E-state index in [1.54, 1.807) is 38.1 Å². The average Bonchev–Trinajstić information content (AvgIpc) is 2.15. The molecule has 0 spiro atoms. The van der Waals surface area contributed by atoms with E-state index >= 15 is 0 Å². The molecule has 5 heteroatoms. The van der Waals surface area contributed by atoms with Gasteiger partial charge in [0.1, 0.15) is 6.07 Å². The summed E-state index contributed by atoms with van der Waals surface area (Å²) in [7, 11) is -3.37. The van der Waals surface area contributed by atoms with Crippen molar-refractivity contribution in [3.05, 3.63) is 29.8 Å². The molecule has 0 aromatic heterocycles. The van der Waals surface area contributed by atoms with Gasteiger partial charge in [0.15, 0.2) is 0 Å². The van der Waals surface area contributed by atoms with E-state index in [0.29, 0.717) is 11.3 Å². The first-order chi connectivity index (χ1) is 7.38. The van der Waals surface area contributed by atoms with E-state index in [1.807, 2.05) is 6.07 Å². The molecular formula is C11H14N2O2S. The molecule has 0 fully saturated rings. The van der Waals surface area contributed by atoms with E-state index in [-0.39, 0.29) is 6.04 Å². The van der Waals surface area contributed by atoms with Gasteiger partial charge in [-0.2, -0.15) is 5.26 Å². The minimum Gasteiger partial charge on any atom is -0.267 e. The van der Waals surface area contributed by atoms with Crippen LogP contribution in [0, 0.1) is 11.3 Å². The van der Waals surface area contributed by atoms with Crippen LogP contribution >= 0.6 is 0 Å². The number of sulfonamides is 1. The Kier molecular flexibility index (Phi) is 3.55. The number of para-hydroxylation sites is 1. The molecule has 0 heterocycles. The zero-order valence-electron chi connectivity index (χ0n) is 9.51. The van der Waals surface area contributed by atoms with Crippen molar-refractivity contribution in [1.82, 2.24) is 0 Å². The highest BCUT2D eigenvalue weighted by Gasteiger charge is 2.22. The maximum Gasteiger partial charge on any atom is 0.232 e. The lowest BCUT2D eigenvalue weighted by Crippen LogP contribution is -2.36. The summed E-state index contributed by atoms with van der Waals surface area (Å²) in [5.41, 5.74) is 0.795. The maximum absolute atomic E-state index is 11.7. The van der Waals surface area contributed by atoms with Crippen LogP contribution in [-0.4, -0.2) is 20.7 Å². The summed E-state index contributed by atoms with van der Waals surface area (Å²) in [4.78, 5) is 0. The third-order valence-electron chi connectivity index (χ3n) is 2.09. The standard InChI is InChI=1S/C11H14N2O2S/c1-9(2)13(16(3,14)15)11-7-5-4-6-10(11)8-12/h4-7,9H,1-3H3. The van der Waals surface area contributed by atoms with Gasteiger partial charge in [-0.3, -0.25) is 4.31 Å². The van der Waals surface area contributed by atoms with Crippen LogP contribution in [0.5, 0.6) is 0 Å². The zero-order chi connectivity index (χ0) is 12.3. The van der Waals surface area contributed by atoms with Crippen molar-refractivity contribution in [1.29, 1.82) is 5.26 Å². The van der Waals surface area contributed by atoms with Gasteiger partial charge >= 0.3 is 0 Å². The first-order valence-corrected chi connectivity index (χ1v) is 6.71. The second-order valence-corrected chi connectivity index (χ2v) is 5.64. The molecule has 0 bridgehead atoms. The number of benzene rings is 1. The quantitative estimate of drug-likeness (QED) is 0.805. The second kappa shape index (κ2) is 4.54. The van der Waals surface area contributed by atoms with E-state index in [1.165, 1.54) is 4.31 Å². The summed E-state index contributed by atoms with van der Waals surface area (Å²) in [5, 5.41) is 8.94. The fraction of sp³-hybridized carbons (Fsp3) is 0.364. The number of nitrogens with zero attached hydrogens (tertiary/aromatic N) is 2. The number of rotatable bonds is 3. The number of hydrogen-bond donors (Lipinski definition) is 0. The molecule has 0 amide bonds. The molecule has 86 valence electrons. The Morgan fingerprint density at radius 3 is 2.31 bits per heavy atom. The van der Waals surface area contributed by atoms with Crippen LogP contribution in [0.1, 0.15) is 19.4 Å². The largest absolute Gasteiger partial charge is 0.267 e. The lowest BCUT2D eigenvalue weighted by atomic mass is 10.2. The zero-order valence-corrected chi connectivity index (χ0v) is 10.3. The molecule has 0 radical (unpaired) electrons. The minimum absolute atomic E-state index is 0.218. The predicted molar refractivity (Wildman–Crippen MR) is 63.6 cm³/mol. The lowest BCUT2D eigenvalue weighted by Gasteiger charge is -2.27.